The molecule has 0 spiro atoms. The predicted octanol–water partition coefficient (Wildman–Crippen LogP) is 0.831. The Morgan fingerprint density at radius 3 is 3.00 bits per heavy atom. The fourth-order valence-corrected chi connectivity index (χ4v) is 1.77. The van der Waals surface area contributed by atoms with E-state index in [1.807, 2.05) is 6.92 Å². The number of ether oxygens (including phenoxy) is 1. The molecule has 0 aromatic heterocycles. The van der Waals surface area contributed by atoms with Crippen molar-refractivity contribution in [2.75, 3.05) is 6.61 Å². The molecule has 2 N–H and O–H groups in total. The smallest absolute Gasteiger partial charge is 0.220 e. The first-order valence-corrected chi connectivity index (χ1v) is 5.67. The Bertz CT molecular complexity index is 206. The van der Waals surface area contributed by atoms with Crippen LogP contribution in [-0.2, 0) is 9.53 Å². The van der Waals surface area contributed by atoms with E-state index in [0.29, 0.717) is 12.8 Å². The highest BCUT2D eigenvalue weighted by atomic mass is 16.5. The van der Waals surface area contributed by atoms with Crippen LogP contribution >= 0.6 is 0 Å². The zero-order chi connectivity index (χ0) is 11.3. The minimum atomic E-state index is -0.399. The van der Waals surface area contributed by atoms with Crippen molar-refractivity contribution in [1.29, 1.82) is 0 Å². The zero-order valence-corrected chi connectivity index (χ0v) is 9.53. The number of aliphatic hydroxyl groups is 1. The van der Waals surface area contributed by atoms with Gasteiger partial charge in [-0.25, -0.2) is 0 Å². The summed E-state index contributed by atoms with van der Waals surface area (Å²) in [5, 5.41) is 12.0. The Morgan fingerprint density at radius 1 is 1.67 bits per heavy atom. The van der Waals surface area contributed by atoms with Crippen molar-refractivity contribution in [1.82, 2.24) is 5.32 Å². The van der Waals surface area contributed by atoms with Crippen LogP contribution in [0.3, 0.4) is 0 Å². The van der Waals surface area contributed by atoms with Crippen LogP contribution in [0.15, 0.2) is 0 Å². The molecule has 1 aliphatic rings. The van der Waals surface area contributed by atoms with Crippen molar-refractivity contribution in [2.24, 2.45) is 0 Å². The molecule has 4 heteroatoms. The average Bonchev–Trinajstić information content (AvgIpc) is 2.15. The van der Waals surface area contributed by atoms with Gasteiger partial charge in [-0.2, -0.15) is 0 Å². The Balaban J connectivity index is 2.19. The third kappa shape index (κ3) is 5.14. The average molecular weight is 215 g/mol. The van der Waals surface area contributed by atoms with Gasteiger partial charge in [-0.05, 0) is 33.1 Å². The monoisotopic (exact) mass is 215 g/mol. The van der Waals surface area contributed by atoms with E-state index in [2.05, 4.69) is 5.32 Å². The summed E-state index contributed by atoms with van der Waals surface area (Å²) >= 11 is 0. The molecule has 3 unspecified atom stereocenters. The molecule has 0 bridgehead atoms. The molecule has 1 fully saturated rings. The second kappa shape index (κ2) is 6.08. The van der Waals surface area contributed by atoms with Crippen molar-refractivity contribution >= 4 is 5.91 Å². The number of rotatable bonds is 4. The summed E-state index contributed by atoms with van der Waals surface area (Å²) in [6.45, 7) is 4.44. The van der Waals surface area contributed by atoms with Crippen molar-refractivity contribution in [3.63, 3.8) is 0 Å². The topological polar surface area (TPSA) is 58.6 Å². The van der Waals surface area contributed by atoms with E-state index in [4.69, 9.17) is 9.84 Å². The second-order valence-corrected chi connectivity index (χ2v) is 4.36. The quantitative estimate of drug-likeness (QED) is 0.730. The van der Waals surface area contributed by atoms with Crippen molar-refractivity contribution < 1.29 is 14.6 Å². The molecule has 15 heavy (non-hydrogen) atoms. The number of nitrogens with one attached hydrogen (secondary N) is 1. The lowest BCUT2D eigenvalue weighted by molar-refractivity contribution is -0.123. The summed E-state index contributed by atoms with van der Waals surface area (Å²) in [5.41, 5.74) is 0. The molecule has 3 atom stereocenters. The molecule has 0 saturated carbocycles. The second-order valence-electron chi connectivity index (χ2n) is 4.36. The SMILES string of the molecule is CC(O)CCC(=O)NC1CCOC(C)C1. The summed E-state index contributed by atoms with van der Waals surface area (Å²) in [5.74, 6) is 0.0370. The minimum Gasteiger partial charge on any atom is -0.393 e. The van der Waals surface area contributed by atoms with Gasteiger partial charge >= 0.3 is 0 Å². The molecular weight excluding hydrogens is 194 g/mol. The van der Waals surface area contributed by atoms with Gasteiger partial charge < -0.3 is 15.2 Å². The van der Waals surface area contributed by atoms with E-state index in [1.165, 1.54) is 0 Å². The maximum Gasteiger partial charge on any atom is 0.220 e. The molecule has 0 aromatic carbocycles. The number of hydrogen-bond acceptors (Lipinski definition) is 3. The molecule has 1 amide bonds. The molecular formula is C11H21NO3. The Kier molecular flexibility index (Phi) is 5.05. The van der Waals surface area contributed by atoms with Crippen molar-refractivity contribution in [3.05, 3.63) is 0 Å². The van der Waals surface area contributed by atoms with Crippen LogP contribution in [0.1, 0.15) is 39.5 Å². The summed E-state index contributed by atoms with van der Waals surface area (Å²) in [6.07, 6.45) is 2.56. The van der Waals surface area contributed by atoms with E-state index >= 15 is 0 Å². The largest absolute Gasteiger partial charge is 0.393 e. The number of carbonyl (C=O) groups is 1. The predicted molar refractivity (Wildman–Crippen MR) is 57.5 cm³/mol. The highest BCUT2D eigenvalue weighted by Gasteiger charge is 2.20. The van der Waals surface area contributed by atoms with Crippen molar-refractivity contribution in [2.45, 2.75) is 57.8 Å². The molecule has 1 heterocycles. The van der Waals surface area contributed by atoms with Gasteiger partial charge in [0, 0.05) is 19.1 Å². The van der Waals surface area contributed by atoms with Gasteiger partial charge in [0.2, 0.25) is 5.91 Å². The molecule has 1 aliphatic heterocycles. The van der Waals surface area contributed by atoms with Crippen molar-refractivity contribution in [3.8, 4) is 0 Å². The fourth-order valence-electron chi connectivity index (χ4n) is 1.77. The standard InChI is InChI=1S/C11H21NO3/c1-8(13)3-4-11(14)12-10-5-6-15-9(2)7-10/h8-10,13H,3-7H2,1-2H3,(H,12,14). The minimum absolute atomic E-state index is 0.0370. The first-order valence-electron chi connectivity index (χ1n) is 5.67. The molecule has 0 aliphatic carbocycles. The molecule has 4 nitrogen and oxygen atoms in total. The lowest BCUT2D eigenvalue weighted by atomic mass is 10.0. The Morgan fingerprint density at radius 2 is 2.40 bits per heavy atom. The van der Waals surface area contributed by atoms with E-state index in [0.717, 1.165) is 19.4 Å². The molecule has 0 radical (unpaired) electrons. The van der Waals surface area contributed by atoms with Gasteiger partial charge in [-0.3, -0.25) is 4.79 Å². The van der Waals surface area contributed by atoms with Crippen LogP contribution < -0.4 is 5.32 Å². The number of amides is 1. The first-order chi connectivity index (χ1) is 7.08. The van der Waals surface area contributed by atoms with Gasteiger partial charge in [-0.1, -0.05) is 0 Å². The van der Waals surface area contributed by atoms with Crippen LogP contribution in [-0.4, -0.2) is 35.9 Å². The number of aliphatic hydroxyl groups excluding tert-OH is 1. The lowest BCUT2D eigenvalue weighted by Gasteiger charge is -2.28. The summed E-state index contributed by atoms with van der Waals surface area (Å²) in [4.78, 5) is 11.5. The molecule has 88 valence electrons. The lowest BCUT2D eigenvalue weighted by Crippen LogP contribution is -2.41. The van der Waals surface area contributed by atoms with Gasteiger partial charge in [0.25, 0.3) is 0 Å². The molecule has 1 saturated heterocycles. The van der Waals surface area contributed by atoms with E-state index in [9.17, 15) is 4.79 Å². The first kappa shape index (κ1) is 12.5. The van der Waals surface area contributed by atoms with Crippen LogP contribution in [0.25, 0.3) is 0 Å². The fraction of sp³-hybridized carbons (Fsp3) is 0.909. The number of hydrogen-bond donors (Lipinski definition) is 2. The highest BCUT2D eigenvalue weighted by molar-refractivity contribution is 5.76. The Hall–Kier alpha value is -0.610. The Labute approximate surface area is 91.0 Å². The molecule has 1 rings (SSSR count). The molecule has 0 aromatic rings. The van der Waals surface area contributed by atoms with Gasteiger partial charge in [-0.15, -0.1) is 0 Å². The number of carbonyl (C=O) groups excluding carboxylic acids is 1. The van der Waals surface area contributed by atoms with Gasteiger partial charge in [0.15, 0.2) is 0 Å². The van der Waals surface area contributed by atoms with Crippen LogP contribution in [0.2, 0.25) is 0 Å². The highest BCUT2D eigenvalue weighted by Crippen LogP contribution is 2.13. The van der Waals surface area contributed by atoms with E-state index in [1.54, 1.807) is 6.92 Å². The van der Waals surface area contributed by atoms with E-state index < -0.39 is 6.10 Å². The third-order valence-electron chi connectivity index (χ3n) is 2.64. The third-order valence-corrected chi connectivity index (χ3v) is 2.64. The van der Waals surface area contributed by atoms with Crippen LogP contribution in [0.4, 0.5) is 0 Å². The van der Waals surface area contributed by atoms with Gasteiger partial charge in [0.05, 0.1) is 12.2 Å². The maximum absolute atomic E-state index is 11.5. The van der Waals surface area contributed by atoms with Gasteiger partial charge in [0.1, 0.15) is 0 Å². The normalized spacial score (nSPS) is 28.5. The maximum atomic E-state index is 11.5. The van der Waals surface area contributed by atoms with Crippen LogP contribution in [0, 0.1) is 0 Å². The summed E-state index contributed by atoms with van der Waals surface area (Å²) in [7, 11) is 0. The summed E-state index contributed by atoms with van der Waals surface area (Å²) in [6, 6.07) is 0.246. The zero-order valence-electron chi connectivity index (χ0n) is 9.53. The van der Waals surface area contributed by atoms with E-state index in [-0.39, 0.29) is 18.1 Å². The van der Waals surface area contributed by atoms with Crippen LogP contribution in [0.5, 0.6) is 0 Å². The summed E-state index contributed by atoms with van der Waals surface area (Å²) < 4.78 is 5.40.